The number of aliphatic hydroxyl groups is 1. The number of hydrogen-bond donors (Lipinski definition) is 1. The van der Waals surface area contributed by atoms with E-state index in [0.29, 0.717) is 5.41 Å². The maximum absolute atomic E-state index is 10.0. The van der Waals surface area contributed by atoms with Crippen molar-refractivity contribution in [2.45, 2.75) is 39.7 Å². The molecule has 19 heavy (non-hydrogen) atoms. The third-order valence-corrected chi connectivity index (χ3v) is 4.14. The molecule has 1 unspecified atom stereocenters. The first-order chi connectivity index (χ1) is 8.94. The largest absolute Gasteiger partial charge is 0.496 e. The van der Waals surface area contributed by atoms with Gasteiger partial charge in [-0.25, -0.2) is 0 Å². The van der Waals surface area contributed by atoms with Crippen LogP contribution in [0.3, 0.4) is 0 Å². The van der Waals surface area contributed by atoms with Crippen molar-refractivity contribution >= 4 is 5.69 Å². The minimum absolute atomic E-state index is 0.431. The van der Waals surface area contributed by atoms with Crippen molar-refractivity contribution in [1.29, 1.82) is 0 Å². The van der Waals surface area contributed by atoms with Gasteiger partial charge in [0.2, 0.25) is 0 Å². The molecule has 0 amide bonds. The standard InChI is InChI=1S/C16H25NO2/c1-12(18)15-13(6-5-7-14(15)19-4)17-10-8-16(2,3)9-11-17/h5-7,12,18H,8-11H2,1-4H3. The van der Waals surface area contributed by atoms with Gasteiger partial charge in [0.15, 0.2) is 0 Å². The lowest BCUT2D eigenvalue weighted by molar-refractivity contribution is 0.194. The summed E-state index contributed by atoms with van der Waals surface area (Å²) in [7, 11) is 1.66. The van der Waals surface area contributed by atoms with E-state index in [1.54, 1.807) is 14.0 Å². The van der Waals surface area contributed by atoms with Crippen molar-refractivity contribution in [3.05, 3.63) is 23.8 Å². The molecule has 1 aromatic carbocycles. The first-order valence-electron chi connectivity index (χ1n) is 7.04. The number of nitrogens with zero attached hydrogens (tertiary/aromatic N) is 1. The summed E-state index contributed by atoms with van der Waals surface area (Å²) in [6.07, 6.45) is 1.86. The average molecular weight is 263 g/mol. The lowest BCUT2D eigenvalue weighted by Crippen LogP contribution is -2.37. The van der Waals surface area contributed by atoms with E-state index in [-0.39, 0.29) is 0 Å². The maximum atomic E-state index is 10.0. The monoisotopic (exact) mass is 263 g/mol. The predicted molar refractivity (Wildman–Crippen MR) is 78.9 cm³/mol. The van der Waals surface area contributed by atoms with Gasteiger partial charge < -0.3 is 14.7 Å². The summed E-state index contributed by atoms with van der Waals surface area (Å²) in [5, 5.41) is 10.0. The Labute approximate surface area is 116 Å². The van der Waals surface area contributed by atoms with Crippen LogP contribution in [0.25, 0.3) is 0 Å². The first-order valence-corrected chi connectivity index (χ1v) is 7.04. The summed E-state index contributed by atoms with van der Waals surface area (Å²) in [5.41, 5.74) is 2.45. The molecular weight excluding hydrogens is 238 g/mol. The first kappa shape index (κ1) is 14.2. The van der Waals surface area contributed by atoms with Crippen LogP contribution in [0.1, 0.15) is 45.3 Å². The Morgan fingerprint density at radius 2 is 1.89 bits per heavy atom. The normalized spacial score (nSPS) is 20.2. The van der Waals surface area contributed by atoms with Gasteiger partial charge in [0.05, 0.1) is 13.2 Å². The van der Waals surface area contributed by atoms with Gasteiger partial charge in [-0.05, 0) is 37.3 Å². The Morgan fingerprint density at radius 1 is 1.26 bits per heavy atom. The number of aliphatic hydroxyl groups excluding tert-OH is 1. The highest BCUT2D eigenvalue weighted by atomic mass is 16.5. The van der Waals surface area contributed by atoms with Gasteiger partial charge in [-0.2, -0.15) is 0 Å². The molecule has 0 saturated carbocycles. The van der Waals surface area contributed by atoms with E-state index >= 15 is 0 Å². The molecule has 0 aliphatic carbocycles. The van der Waals surface area contributed by atoms with Crippen LogP contribution in [0.4, 0.5) is 5.69 Å². The summed E-state index contributed by atoms with van der Waals surface area (Å²) in [5.74, 6) is 0.775. The van der Waals surface area contributed by atoms with Crippen LogP contribution in [0, 0.1) is 5.41 Å². The van der Waals surface area contributed by atoms with Gasteiger partial charge in [-0.15, -0.1) is 0 Å². The molecule has 1 atom stereocenters. The van der Waals surface area contributed by atoms with Crippen molar-refractivity contribution < 1.29 is 9.84 Å². The molecule has 106 valence electrons. The molecule has 1 saturated heterocycles. The summed E-state index contributed by atoms with van der Waals surface area (Å²) in [6.45, 7) is 8.53. The highest BCUT2D eigenvalue weighted by Crippen LogP contribution is 2.38. The number of anilines is 1. The zero-order chi connectivity index (χ0) is 14.0. The fraction of sp³-hybridized carbons (Fsp3) is 0.625. The second kappa shape index (κ2) is 5.41. The Morgan fingerprint density at radius 3 is 2.42 bits per heavy atom. The quantitative estimate of drug-likeness (QED) is 0.907. The van der Waals surface area contributed by atoms with Crippen LogP contribution in [0.2, 0.25) is 0 Å². The van der Waals surface area contributed by atoms with Gasteiger partial charge in [0.25, 0.3) is 0 Å². The van der Waals surface area contributed by atoms with Gasteiger partial charge in [0, 0.05) is 24.3 Å². The van der Waals surface area contributed by atoms with E-state index in [4.69, 9.17) is 4.74 Å². The Kier molecular flexibility index (Phi) is 4.04. The van der Waals surface area contributed by atoms with E-state index in [9.17, 15) is 5.11 Å². The van der Waals surface area contributed by atoms with E-state index in [1.165, 1.54) is 12.8 Å². The fourth-order valence-corrected chi connectivity index (χ4v) is 2.76. The number of rotatable bonds is 3. The molecule has 0 aromatic heterocycles. The zero-order valence-electron chi connectivity index (χ0n) is 12.4. The third-order valence-electron chi connectivity index (χ3n) is 4.14. The molecule has 1 heterocycles. The van der Waals surface area contributed by atoms with Gasteiger partial charge >= 0.3 is 0 Å². The molecule has 2 rings (SSSR count). The third kappa shape index (κ3) is 3.03. The number of ether oxygens (including phenoxy) is 1. The lowest BCUT2D eigenvalue weighted by atomic mass is 9.82. The Hall–Kier alpha value is -1.22. The molecule has 3 nitrogen and oxygen atoms in total. The van der Waals surface area contributed by atoms with Gasteiger partial charge in [-0.3, -0.25) is 0 Å². The van der Waals surface area contributed by atoms with Crippen LogP contribution in [0.5, 0.6) is 5.75 Å². The van der Waals surface area contributed by atoms with E-state index in [0.717, 1.165) is 30.1 Å². The van der Waals surface area contributed by atoms with Crippen molar-refractivity contribution in [2.75, 3.05) is 25.1 Å². The van der Waals surface area contributed by atoms with Gasteiger partial charge in [-0.1, -0.05) is 19.9 Å². The molecule has 0 bridgehead atoms. The summed E-state index contributed by atoms with van der Waals surface area (Å²) in [6, 6.07) is 6.00. The van der Waals surface area contributed by atoms with Crippen LogP contribution >= 0.6 is 0 Å². The van der Waals surface area contributed by atoms with E-state index in [2.05, 4.69) is 24.8 Å². The molecule has 1 aliphatic heterocycles. The lowest BCUT2D eigenvalue weighted by Gasteiger charge is -2.39. The highest BCUT2D eigenvalue weighted by Gasteiger charge is 2.27. The fourth-order valence-electron chi connectivity index (χ4n) is 2.76. The maximum Gasteiger partial charge on any atom is 0.126 e. The Bertz CT molecular complexity index is 430. The number of benzene rings is 1. The molecule has 1 N–H and O–H groups in total. The SMILES string of the molecule is COc1cccc(N2CCC(C)(C)CC2)c1C(C)O. The average Bonchev–Trinajstić information content (AvgIpc) is 2.37. The molecule has 1 aliphatic rings. The molecule has 0 radical (unpaired) electrons. The summed E-state index contributed by atoms with van der Waals surface area (Å²) < 4.78 is 5.39. The van der Waals surface area contributed by atoms with Crippen molar-refractivity contribution in [1.82, 2.24) is 0 Å². The van der Waals surface area contributed by atoms with Crippen LogP contribution in [-0.2, 0) is 0 Å². The molecule has 1 aromatic rings. The van der Waals surface area contributed by atoms with E-state index in [1.807, 2.05) is 12.1 Å². The number of piperidine rings is 1. The molecular formula is C16H25NO2. The molecule has 1 fully saturated rings. The summed E-state index contributed by atoms with van der Waals surface area (Å²) >= 11 is 0. The number of methoxy groups -OCH3 is 1. The van der Waals surface area contributed by atoms with E-state index < -0.39 is 6.10 Å². The molecule has 0 spiro atoms. The molecule has 3 heteroatoms. The minimum atomic E-state index is -0.513. The second-order valence-corrected chi connectivity index (χ2v) is 6.22. The minimum Gasteiger partial charge on any atom is -0.496 e. The Balaban J connectivity index is 2.30. The van der Waals surface area contributed by atoms with Crippen molar-refractivity contribution in [3.8, 4) is 5.75 Å². The van der Waals surface area contributed by atoms with Crippen LogP contribution in [-0.4, -0.2) is 25.3 Å². The predicted octanol–water partition coefficient (Wildman–Crippen LogP) is 3.37. The van der Waals surface area contributed by atoms with Crippen molar-refractivity contribution in [3.63, 3.8) is 0 Å². The second-order valence-electron chi connectivity index (χ2n) is 6.22. The number of hydrogen-bond acceptors (Lipinski definition) is 3. The van der Waals surface area contributed by atoms with Gasteiger partial charge in [0.1, 0.15) is 5.75 Å². The van der Waals surface area contributed by atoms with Crippen LogP contribution in [0.15, 0.2) is 18.2 Å². The summed E-state index contributed by atoms with van der Waals surface area (Å²) in [4.78, 5) is 2.37. The zero-order valence-corrected chi connectivity index (χ0v) is 12.4. The highest BCUT2D eigenvalue weighted by molar-refractivity contribution is 5.60. The van der Waals surface area contributed by atoms with Crippen molar-refractivity contribution in [2.24, 2.45) is 5.41 Å². The van der Waals surface area contributed by atoms with Crippen LogP contribution < -0.4 is 9.64 Å². The smallest absolute Gasteiger partial charge is 0.126 e. The topological polar surface area (TPSA) is 32.7 Å².